The van der Waals surface area contributed by atoms with Crippen LogP contribution in [-0.2, 0) is 23.7 Å². The van der Waals surface area contributed by atoms with Crippen molar-refractivity contribution >= 4 is 5.91 Å². The van der Waals surface area contributed by atoms with Crippen molar-refractivity contribution in [1.82, 2.24) is 10.2 Å². The molecule has 2 aromatic rings. The number of hydrogen-bond donors (Lipinski definition) is 2. The first kappa shape index (κ1) is 29.4. The predicted octanol–water partition coefficient (Wildman–Crippen LogP) is 6.53. The first-order valence-corrected chi connectivity index (χ1v) is 13.2. The van der Waals surface area contributed by atoms with Crippen molar-refractivity contribution < 1.29 is 36.2 Å². The number of amides is 1. The third-order valence-electron chi connectivity index (χ3n) is 8.51. The van der Waals surface area contributed by atoms with E-state index in [9.17, 15) is 36.2 Å². The Kier molecular flexibility index (Phi) is 8.11. The molecular weight excluding hydrogens is 522 g/mol. The molecule has 1 aliphatic carbocycles. The van der Waals surface area contributed by atoms with Gasteiger partial charge in [-0.1, -0.05) is 30.3 Å². The van der Waals surface area contributed by atoms with E-state index in [4.69, 9.17) is 0 Å². The summed E-state index contributed by atoms with van der Waals surface area (Å²) in [4.78, 5) is 15.8. The number of carbonyl (C=O) groups is 1. The largest absolute Gasteiger partial charge is 0.416 e. The van der Waals surface area contributed by atoms with Crippen LogP contribution in [-0.4, -0.2) is 40.6 Å². The SMILES string of the molecule is CC(C)(O)[C@]1(C(=O)NCc2cc(C(F)(F)F)cc(C(F)(F)F)c2)CCC(N2CCC(c3ccccc3)CC2)C1. The molecule has 0 aromatic heterocycles. The van der Waals surface area contributed by atoms with E-state index >= 15 is 0 Å². The van der Waals surface area contributed by atoms with Gasteiger partial charge >= 0.3 is 12.4 Å². The maximum atomic E-state index is 13.5. The summed E-state index contributed by atoms with van der Waals surface area (Å²) >= 11 is 0. The zero-order chi connectivity index (χ0) is 28.6. The highest BCUT2D eigenvalue weighted by Crippen LogP contribution is 2.49. The Morgan fingerprint density at radius 2 is 1.51 bits per heavy atom. The molecule has 1 saturated heterocycles. The number of hydrogen-bond acceptors (Lipinski definition) is 3. The number of nitrogens with one attached hydrogen (secondary N) is 1. The van der Waals surface area contributed by atoms with Gasteiger partial charge in [0.05, 0.1) is 22.1 Å². The van der Waals surface area contributed by atoms with Crippen molar-refractivity contribution in [3.8, 4) is 0 Å². The number of alkyl halides is 6. The summed E-state index contributed by atoms with van der Waals surface area (Å²) in [5, 5.41) is 13.6. The molecule has 4 rings (SSSR count). The van der Waals surface area contributed by atoms with Gasteiger partial charge < -0.3 is 15.3 Å². The van der Waals surface area contributed by atoms with Gasteiger partial charge in [-0.25, -0.2) is 0 Å². The second kappa shape index (κ2) is 10.8. The molecule has 4 nitrogen and oxygen atoms in total. The minimum Gasteiger partial charge on any atom is -0.389 e. The Bertz CT molecular complexity index is 1120. The number of nitrogens with zero attached hydrogens (tertiary/aromatic N) is 1. The molecule has 2 atom stereocenters. The van der Waals surface area contributed by atoms with Gasteiger partial charge in [0.25, 0.3) is 0 Å². The van der Waals surface area contributed by atoms with Crippen LogP contribution in [0.15, 0.2) is 48.5 Å². The second-order valence-corrected chi connectivity index (χ2v) is 11.4. The van der Waals surface area contributed by atoms with Crippen molar-refractivity contribution in [3.05, 3.63) is 70.8 Å². The van der Waals surface area contributed by atoms with Crippen molar-refractivity contribution in [2.24, 2.45) is 5.41 Å². The molecule has 1 amide bonds. The van der Waals surface area contributed by atoms with Gasteiger partial charge in [0.2, 0.25) is 5.91 Å². The van der Waals surface area contributed by atoms with Gasteiger partial charge in [0.15, 0.2) is 0 Å². The maximum Gasteiger partial charge on any atom is 0.416 e. The fourth-order valence-corrected chi connectivity index (χ4v) is 6.17. The normalized spacial score (nSPS) is 23.7. The summed E-state index contributed by atoms with van der Waals surface area (Å²) in [6.45, 7) is 4.23. The average molecular weight is 557 g/mol. The number of rotatable bonds is 6. The maximum absolute atomic E-state index is 13.5. The monoisotopic (exact) mass is 556 g/mol. The third kappa shape index (κ3) is 6.43. The van der Waals surface area contributed by atoms with Crippen LogP contribution in [0.2, 0.25) is 0 Å². The van der Waals surface area contributed by atoms with Crippen LogP contribution in [0, 0.1) is 5.41 Å². The fraction of sp³-hybridized carbons (Fsp3) is 0.552. The van der Waals surface area contributed by atoms with Crippen LogP contribution in [0.25, 0.3) is 0 Å². The molecule has 1 saturated carbocycles. The standard InChI is InChI=1S/C29H34F6N2O2/c1-26(2,39)27(11-8-24(17-27)37-12-9-21(10-13-37)20-6-4-3-5-7-20)25(38)36-18-19-14-22(28(30,31)32)16-23(15-19)29(33,34)35/h3-7,14-16,21,24,39H,8-13,17-18H2,1-2H3,(H,36,38)/t24?,27-/m1/s1. The highest BCUT2D eigenvalue weighted by molar-refractivity contribution is 5.84. The van der Waals surface area contributed by atoms with Gasteiger partial charge in [-0.2, -0.15) is 26.3 Å². The van der Waals surface area contributed by atoms with Crippen molar-refractivity contribution in [3.63, 3.8) is 0 Å². The van der Waals surface area contributed by atoms with E-state index in [2.05, 4.69) is 22.3 Å². The van der Waals surface area contributed by atoms with Crippen molar-refractivity contribution in [2.75, 3.05) is 13.1 Å². The Balaban J connectivity index is 1.46. The zero-order valence-electron chi connectivity index (χ0n) is 22.0. The van der Waals surface area contributed by atoms with E-state index < -0.39 is 46.9 Å². The lowest BCUT2D eigenvalue weighted by atomic mass is 9.71. The lowest BCUT2D eigenvalue weighted by Crippen LogP contribution is -2.53. The number of benzene rings is 2. The smallest absolute Gasteiger partial charge is 0.389 e. The lowest BCUT2D eigenvalue weighted by molar-refractivity contribution is -0.147. The Morgan fingerprint density at radius 1 is 0.949 bits per heavy atom. The van der Waals surface area contributed by atoms with E-state index in [-0.39, 0.29) is 17.7 Å². The van der Waals surface area contributed by atoms with Gasteiger partial charge in [-0.3, -0.25) is 4.79 Å². The first-order valence-electron chi connectivity index (χ1n) is 13.2. The van der Waals surface area contributed by atoms with E-state index in [1.165, 1.54) is 19.4 Å². The summed E-state index contributed by atoms with van der Waals surface area (Å²) in [7, 11) is 0. The van der Waals surface area contributed by atoms with Crippen LogP contribution in [0.3, 0.4) is 0 Å². The molecule has 1 aliphatic heterocycles. The number of aliphatic hydroxyl groups is 1. The molecule has 10 heteroatoms. The molecule has 214 valence electrons. The summed E-state index contributed by atoms with van der Waals surface area (Å²) in [5.74, 6) is -0.108. The fourth-order valence-electron chi connectivity index (χ4n) is 6.17. The lowest BCUT2D eigenvalue weighted by Gasteiger charge is -2.41. The molecular formula is C29H34F6N2O2. The van der Waals surface area contributed by atoms with Crippen LogP contribution in [0.4, 0.5) is 26.3 Å². The molecule has 2 aliphatic rings. The van der Waals surface area contributed by atoms with E-state index in [0.29, 0.717) is 37.3 Å². The summed E-state index contributed by atoms with van der Waals surface area (Å²) < 4.78 is 79.5. The molecule has 2 N–H and O–H groups in total. The predicted molar refractivity (Wildman–Crippen MR) is 135 cm³/mol. The van der Waals surface area contributed by atoms with Crippen molar-refractivity contribution in [2.45, 2.75) is 82.4 Å². The van der Waals surface area contributed by atoms with E-state index in [0.717, 1.165) is 25.9 Å². The summed E-state index contributed by atoms with van der Waals surface area (Å²) in [6, 6.07) is 11.6. The van der Waals surface area contributed by atoms with Crippen LogP contribution < -0.4 is 5.32 Å². The zero-order valence-corrected chi connectivity index (χ0v) is 22.0. The molecule has 2 aromatic carbocycles. The molecule has 0 spiro atoms. The van der Waals surface area contributed by atoms with Crippen LogP contribution >= 0.6 is 0 Å². The molecule has 0 bridgehead atoms. The minimum atomic E-state index is -4.97. The van der Waals surface area contributed by atoms with E-state index in [1.54, 1.807) is 0 Å². The van der Waals surface area contributed by atoms with Gasteiger partial charge in [-0.05, 0) is 94.3 Å². The number of carbonyl (C=O) groups excluding carboxylic acids is 1. The molecule has 1 unspecified atom stereocenters. The van der Waals surface area contributed by atoms with E-state index in [1.807, 2.05) is 18.2 Å². The number of halogens is 6. The molecule has 0 radical (unpaired) electrons. The Labute approximate surface area is 224 Å². The van der Waals surface area contributed by atoms with Crippen molar-refractivity contribution in [1.29, 1.82) is 0 Å². The number of likely N-dealkylation sites (tertiary alicyclic amines) is 1. The van der Waals surface area contributed by atoms with Crippen LogP contribution in [0.5, 0.6) is 0 Å². The quantitative estimate of drug-likeness (QED) is 0.398. The third-order valence-corrected chi connectivity index (χ3v) is 8.51. The highest BCUT2D eigenvalue weighted by Gasteiger charge is 2.55. The minimum absolute atomic E-state index is 0.0456. The Hall–Kier alpha value is -2.59. The molecule has 2 fully saturated rings. The summed E-state index contributed by atoms with van der Waals surface area (Å²) in [5.41, 5.74) is -4.54. The topological polar surface area (TPSA) is 52.6 Å². The average Bonchev–Trinajstić information content (AvgIpc) is 3.34. The van der Waals surface area contributed by atoms with Gasteiger partial charge in [-0.15, -0.1) is 0 Å². The van der Waals surface area contributed by atoms with Gasteiger partial charge in [0.1, 0.15) is 0 Å². The Morgan fingerprint density at radius 3 is 2.03 bits per heavy atom. The van der Waals surface area contributed by atoms with Gasteiger partial charge in [0, 0.05) is 12.6 Å². The second-order valence-electron chi connectivity index (χ2n) is 11.4. The molecule has 1 heterocycles. The van der Waals surface area contributed by atoms with Crippen LogP contribution in [0.1, 0.15) is 74.1 Å². The number of piperidine rings is 1. The summed E-state index contributed by atoms with van der Waals surface area (Å²) in [6.07, 6.45) is -6.62. The highest BCUT2D eigenvalue weighted by atomic mass is 19.4. The first-order chi connectivity index (χ1) is 18.1. The molecule has 39 heavy (non-hydrogen) atoms.